The number of ether oxygens (including phenoxy) is 12. The van der Waals surface area contributed by atoms with Gasteiger partial charge in [0.15, 0.2) is 46.0 Å². The van der Waals surface area contributed by atoms with Crippen LogP contribution in [0.15, 0.2) is 48.5 Å². The Labute approximate surface area is 765 Å². The highest BCUT2D eigenvalue weighted by molar-refractivity contribution is 5.77. The zero-order chi connectivity index (χ0) is 117. The normalized spacial score (nSPS) is 40.0. The van der Waals surface area contributed by atoms with Crippen LogP contribution in [0.2, 0.25) is 0 Å². The topological polar surface area (TPSA) is 296 Å². The third kappa shape index (κ3) is 23.8. The summed E-state index contributed by atoms with van der Waals surface area (Å²) >= 11 is 0. The molecule has 13 unspecified atom stereocenters. The Balaban J connectivity index is 0.000000226. The molecule has 0 aromatic heterocycles. The number of benzene rings is 4. The number of esters is 4. The SMILES string of the molecule is [2H]C([2H])([2H])Oc1cc2c(cc1OC)C1([2H])N(CC2)C([2H])([2H])C([2H])(CC(C)C)C([2H])(OC(=O)[C@@H](N)C(C)C)C1([2H])[2H].[2H]C([2H])([2H])Oc1cc2c(cc1OC)C1([2H])N(CC2)C([2H])([2H])C([2H])(CC(C)C)C([2H])(OC(=O)[C@@H](N)C(C)C)C1([2H])[2H].[2H]C1([2H])N2CCc3cc(OC)c(OC)cc3C2([2H])C([2H])([2H])C([2H])(OC(=O)[C@@H](N)C(C)C)C1([2H])CC(C)C.[2H]C1C2([2H])c3cc(OC)c(OC)cc3CCN2C([2H])([2H])C([2H])(CC(C)C)C1([2H])OC(=O)[C@@H](N)C(C)C. The number of hydrogen-bond donors (Lipinski definition) is 4. The minimum Gasteiger partial charge on any atom is -0.493 e. The van der Waals surface area contributed by atoms with Gasteiger partial charge in [-0.15, -0.1) is 0 Å². The number of nitrogens with zero attached hydrogens (tertiary/aromatic N) is 4. The number of fused-ring (bicyclic) bond motifs is 12. The maximum atomic E-state index is 13.1. The molecule has 0 aliphatic carbocycles. The van der Waals surface area contributed by atoms with Gasteiger partial charge in [-0.25, -0.2) is 0 Å². The minimum atomic E-state index is -3.24. The maximum Gasteiger partial charge on any atom is 0.323 e. The molecule has 4 saturated heterocycles. The highest BCUT2D eigenvalue weighted by Gasteiger charge is 2.47. The van der Waals surface area contributed by atoms with E-state index in [9.17, 15) is 45.2 Å². The molecule has 8 heterocycles. The molecule has 4 aromatic rings. The highest BCUT2D eigenvalue weighted by Crippen LogP contribution is 2.50. The van der Waals surface area contributed by atoms with Gasteiger partial charge in [-0.2, -0.15) is 0 Å². The number of piperidine rings is 4. The van der Waals surface area contributed by atoms with Crippen LogP contribution in [0.5, 0.6) is 46.0 Å². The summed E-state index contributed by atoms with van der Waals surface area (Å²) in [4.78, 5) is 56.3. The molecule has 0 radical (unpaired) electrons. The Morgan fingerprint density at radius 3 is 0.775 bits per heavy atom. The standard InChI is InChI=1S/4C24H38N2O4/c4*1-14(2)9-17-13-26-8-7-16-10-21(28-5)22(29-6)11-18(16)19(26)12-20(17)30-24(27)23(25)15(3)4/h4*10-11,14-15,17,19-20,23H,7-9,12-13,25H2,1-6H3/t4*17?,19?,20?,23-/m0000/s1/i2*5D3,12D2,13D2,17D,19D,20D;12D2,13D2,17D,19D,20D;12D,13D2,17D,19D,20D/t3m;12?,17?,19?,20?,23-. The van der Waals surface area contributed by atoms with Crippen molar-refractivity contribution in [1.29, 1.82) is 0 Å². The third-order valence-corrected chi connectivity index (χ3v) is 21.2. The summed E-state index contributed by atoms with van der Waals surface area (Å²) in [5, 5.41) is 0. The molecule has 8 N–H and O–H groups in total. The van der Waals surface area contributed by atoms with Crippen molar-refractivity contribution in [2.45, 2.75) is 260 Å². The largest absolute Gasteiger partial charge is 0.493 e. The zero-order valence-corrected chi connectivity index (χ0v) is 73.7. The van der Waals surface area contributed by atoms with Crippen molar-refractivity contribution in [3.63, 3.8) is 0 Å². The Bertz CT molecular complexity index is 5530. The van der Waals surface area contributed by atoms with Crippen LogP contribution < -0.4 is 60.8 Å². The van der Waals surface area contributed by atoms with Gasteiger partial charge in [0.1, 0.15) is 48.5 Å². The fourth-order valence-electron chi connectivity index (χ4n) is 14.2. The smallest absolute Gasteiger partial charge is 0.323 e. The van der Waals surface area contributed by atoms with Crippen molar-refractivity contribution in [2.75, 3.05) is 109 Å². The van der Waals surface area contributed by atoms with E-state index in [2.05, 4.69) is 0 Å². The molecule has 0 bridgehead atoms. The third-order valence-electron chi connectivity index (χ3n) is 21.2. The summed E-state index contributed by atoms with van der Waals surface area (Å²) in [5.41, 5.74) is 25.6. The van der Waals surface area contributed by atoms with Gasteiger partial charge in [0, 0.05) is 151 Å². The van der Waals surface area contributed by atoms with Crippen LogP contribution in [0.1, 0.15) is 276 Å². The fourth-order valence-corrected chi connectivity index (χ4v) is 14.2. The average Bonchev–Trinajstić information content (AvgIpc) is 0.659. The van der Waals surface area contributed by atoms with Gasteiger partial charge in [0.25, 0.3) is 0 Å². The predicted octanol–water partition coefficient (Wildman–Crippen LogP) is 14.3. The van der Waals surface area contributed by atoms with Crippen molar-refractivity contribution in [3.05, 3.63) is 93.0 Å². The molecule has 4 aromatic carbocycles. The second-order valence-electron chi connectivity index (χ2n) is 33.7. The molecule has 24 heteroatoms. The number of carbonyl (C=O) groups is 4. The first-order chi connectivity index (χ1) is 69.4. The van der Waals surface area contributed by atoms with E-state index in [0.29, 0.717) is 29.0 Å². The highest BCUT2D eigenvalue weighted by atomic mass is 16.6. The fraction of sp³-hybridized carbons (Fsp3) is 0.708. The van der Waals surface area contributed by atoms with E-state index in [1.807, 2.05) is 0 Å². The first-order valence-electron chi connectivity index (χ1n) is 57.8. The van der Waals surface area contributed by atoms with Crippen molar-refractivity contribution in [2.24, 2.45) is 93.9 Å². The molecule has 8 aliphatic heterocycles. The lowest BCUT2D eigenvalue weighted by atomic mass is 9.79. The lowest BCUT2D eigenvalue weighted by Gasteiger charge is -2.47. The van der Waals surface area contributed by atoms with E-state index in [1.54, 1.807) is 123 Å². The first-order valence-corrected chi connectivity index (χ1v) is 41.2. The molecular weight excluding hydrogens is 1520 g/mol. The number of hydrogen-bond acceptors (Lipinski definition) is 24. The van der Waals surface area contributed by atoms with E-state index in [0.717, 1.165) is 14.7 Å². The Morgan fingerprint density at radius 2 is 0.550 bits per heavy atom. The van der Waals surface area contributed by atoms with Crippen LogP contribution in [0, 0.1) is 70.9 Å². The first kappa shape index (κ1) is 59.6. The minimum absolute atomic E-state index is 0.0304. The second-order valence-corrected chi connectivity index (χ2v) is 33.7. The molecule has 4 fully saturated rings. The summed E-state index contributed by atoms with van der Waals surface area (Å²) < 4.78 is 360. The molecule has 0 saturated carbocycles. The lowest BCUT2D eigenvalue weighted by Crippen LogP contribution is -2.51. The Morgan fingerprint density at radius 1 is 0.342 bits per heavy atom. The summed E-state index contributed by atoms with van der Waals surface area (Å²) in [6.07, 6.45) is -24.3. The van der Waals surface area contributed by atoms with Crippen molar-refractivity contribution in [1.82, 2.24) is 19.6 Å². The molecular formula is C96H152N8O16. The van der Waals surface area contributed by atoms with Gasteiger partial charge < -0.3 is 79.8 Å². The lowest BCUT2D eigenvalue weighted by molar-refractivity contribution is -0.161. The summed E-state index contributed by atoms with van der Waals surface area (Å²) in [6, 6.07) is -3.91. The molecule has 0 amide bonds. The van der Waals surface area contributed by atoms with Gasteiger partial charge in [0.2, 0.25) is 0 Å². The van der Waals surface area contributed by atoms with E-state index in [4.69, 9.17) is 99.0 Å². The number of methoxy groups -OCH3 is 8. The van der Waals surface area contributed by atoms with E-state index >= 15 is 0 Å². The van der Waals surface area contributed by atoms with E-state index in [1.165, 1.54) is 84.0 Å². The van der Waals surface area contributed by atoms with Crippen molar-refractivity contribution < 1.29 is 121 Å². The van der Waals surface area contributed by atoms with Gasteiger partial charge in [-0.3, -0.25) is 38.8 Å². The predicted molar refractivity (Wildman–Crippen MR) is 471 cm³/mol. The van der Waals surface area contributed by atoms with Crippen LogP contribution in [-0.4, -0.2) is 201 Å². The summed E-state index contributed by atoms with van der Waals surface area (Å²) in [7, 11) is 2.52. The molecule has 120 heavy (non-hydrogen) atoms. The van der Waals surface area contributed by atoms with E-state index < -0.39 is 215 Å². The van der Waals surface area contributed by atoms with Crippen LogP contribution in [0.4, 0.5) is 0 Å². The quantitative estimate of drug-likeness (QED) is 0.0303. The maximum absolute atomic E-state index is 13.1. The number of nitrogens with two attached hydrogens (primary N) is 4. The molecule has 17 atom stereocenters. The number of rotatable bonds is 28. The molecule has 672 valence electrons. The van der Waals surface area contributed by atoms with Gasteiger partial charge >= 0.3 is 23.9 Å². The summed E-state index contributed by atoms with van der Waals surface area (Å²) in [5.74, 6) is -17.4. The Kier molecular flexibility index (Phi) is 21.8. The van der Waals surface area contributed by atoms with E-state index in [-0.39, 0.29) is 157 Å². The monoisotopic (exact) mass is 1710 g/mol. The van der Waals surface area contributed by atoms with Crippen LogP contribution in [0.3, 0.4) is 0 Å². The molecule has 0 spiro atoms. The van der Waals surface area contributed by atoms with Crippen molar-refractivity contribution in [3.8, 4) is 46.0 Å². The molecule has 24 nitrogen and oxygen atoms in total. The van der Waals surface area contributed by atoms with Gasteiger partial charge in [-0.05, 0) is 192 Å². The zero-order valence-electron chi connectivity index (χ0n) is 107. The van der Waals surface area contributed by atoms with Gasteiger partial charge in [0.05, 0.1) is 75.9 Å². The molecule has 8 aliphatic rings. The average molecular weight is 1710 g/mol. The van der Waals surface area contributed by atoms with Gasteiger partial charge in [-0.1, -0.05) is 111 Å². The van der Waals surface area contributed by atoms with Crippen LogP contribution in [0.25, 0.3) is 0 Å². The van der Waals surface area contributed by atoms with Crippen LogP contribution >= 0.6 is 0 Å². The van der Waals surface area contributed by atoms with Crippen LogP contribution in [-0.2, 0) is 63.8 Å². The second kappa shape index (κ2) is 43.9. The molecule has 12 rings (SSSR count). The van der Waals surface area contributed by atoms with Crippen molar-refractivity contribution >= 4 is 23.9 Å². The Hall–Kier alpha value is -7.16. The summed E-state index contributed by atoms with van der Waals surface area (Å²) in [6.45, 7) is 15.2. The number of carbonyl (C=O) groups excluding carboxylic acids is 4.